The maximum atomic E-state index is 6.64. The van der Waals surface area contributed by atoms with E-state index in [0.29, 0.717) is 6.04 Å². The molecule has 3 heteroatoms. The Balaban J connectivity index is 2.14. The topological polar surface area (TPSA) is 30.5 Å². The standard InChI is InChI=1S/C43H81NO2/c1-5-7-9-11-13-15-17-19-21-23-25-27-29-31-33-35-37-43(45-40-42(46-43)39-44-41(3)4)38-36-34-32-30-28-26-24-22-20-18-16-14-12-10-8-6-2/h13,15,19-22,41-42,44H,5-12,14,16-18,23-40H2,1-4H3/b15-13-,21-19-,22-20-. The van der Waals surface area contributed by atoms with Crippen LogP contribution in [0.2, 0.25) is 0 Å². The van der Waals surface area contributed by atoms with Crippen molar-refractivity contribution in [2.45, 2.75) is 225 Å². The molecule has 1 rings (SSSR count). The first-order valence-corrected chi connectivity index (χ1v) is 20.6. The summed E-state index contributed by atoms with van der Waals surface area (Å²) < 4.78 is 13.1. The van der Waals surface area contributed by atoms with E-state index in [9.17, 15) is 0 Å². The van der Waals surface area contributed by atoms with Gasteiger partial charge in [-0.2, -0.15) is 0 Å². The Morgan fingerprint density at radius 1 is 0.543 bits per heavy atom. The van der Waals surface area contributed by atoms with Gasteiger partial charge in [0.1, 0.15) is 0 Å². The van der Waals surface area contributed by atoms with Crippen LogP contribution in [0.1, 0.15) is 207 Å². The maximum absolute atomic E-state index is 6.64. The Bertz CT molecular complexity index is 714. The Kier molecular flexibility index (Phi) is 30.6. The van der Waals surface area contributed by atoms with Crippen LogP contribution < -0.4 is 5.32 Å². The molecule has 2 unspecified atom stereocenters. The van der Waals surface area contributed by atoms with Crippen LogP contribution in [0.15, 0.2) is 36.5 Å². The van der Waals surface area contributed by atoms with Crippen molar-refractivity contribution in [3.05, 3.63) is 36.5 Å². The minimum absolute atomic E-state index is 0.195. The van der Waals surface area contributed by atoms with Gasteiger partial charge < -0.3 is 14.8 Å². The lowest BCUT2D eigenvalue weighted by atomic mass is 9.98. The quantitative estimate of drug-likeness (QED) is 0.0559. The number of allylic oxidation sites excluding steroid dienone is 6. The van der Waals surface area contributed by atoms with E-state index in [-0.39, 0.29) is 11.9 Å². The number of ether oxygens (including phenoxy) is 2. The zero-order valence-electron chi connectivity index (χ0n) is 31.6. The second-order valence-corrected chi connectivity index (χ2v) is 14.5. The summed E-state index contributed by atoms with van der Waals surface area (Å²) in [5.41, 5.74) is 0. The van der Waals surface area contributed by atoms with Gasteiger partial charge in [-0.25, -0.2) is 0 Å². The first kappa shape index (κ1) is 43.1. The summed E-state index contributed by atoms with van der Waals surface area (Å²) in [4.78, 5) is 0. The van der Waals surface area contributed by atoms with Crippen LogP contribution in [0.4, 0.5) is 0 Å². The molecule has 1 fully saturated rings. The van der Waals surface area contributed by atoms with Crippen molar-refractivity contribution in [2.24, 2.45) is 0 Å². The normalized spacial score (nSPS) is 18.8. The monoisotopic (exact) mass is 644 g/mol. The van der Waals surface area contributed by atoms with Crippen molar-refractivity contribution in [2.75, 3.05) is 13.2 Å². The molecular weight excluding hydrogens is 562 g/mol. The molecule has 0 spiro atoms. The summed E-state index contributed by atoms with van der Waals surface area (Å²) >= 11 is 0. The predicted molar refractivity (Wildman–Crippen MR) is 205 cm³/mol. The molecule has 0 saturated carbocycles. The summed E-state index contributed by atoms with van der Waals surface area (Å²) in [6, 6.07) is 0.488. The Morgan fingerprint density at radius 3 is 1.41 bits per heavy atom. The molecule has 0 aliphatic carbocycles. The lowest BCUT2D eigenvalue weighted by Crippen LogP contribution is -2.36. The molecule has 0 bridgehead atoms. The number of hydrogen-bond donors (Lipinski definition) is 1. The third-order valence-electron chi connectivity index (χ3n) is 9.50. The summed E-state index contributed by atoms with van der Waals surface area (Å²) in [5.74, 6) is -0.334. The van der Waals surface area contributed by atoms with Crippen molar-refractivity contribution < 1.29 is 9.47 Å². The fourth-order valence-electron chi connectivity index (χ4n) is 6.50. The number of unbranched alkanes of at least 4 members (excludes halogenated alkanes) is 21. The fourth-order valence-corrected chi connectivity index (χ4v) is 6.50. The second kappa shape index (κ2) is 32.6. The molecule has 0 aromatic rings. The second-order valence-electron chi connectivity index (χ2n) is 14.5. The van der Waals surface area contributed by atoms with E-state index in [1.807, 2.05) is 0 Å². The first-order valence-electron chi connectivity index (χ1n) is 20.6. The molecule has 1 N–H and O–H groups in total. The highest BCUT2D eigenvalue weighted by Gasteiger charge is 2.40. The number of rotatable bonds is 34. The van der Waals surface area contributed by atoms with Crippen LogP contribution in [0.5, 0.6) is 0 Å². The molecule has 2 atom stereocenters. The molecule has 1 heterocycles. The van der Waals surface area contributed by atoms with Crippen molar-refractivity contribution >= 4 is 0 Å². The summed E-state index contributed by atoms with van der Waals surface area (Å²) in [7, 11) is 0. The van der Waals surface area contributed by atoms with E-state index in [0.717, 1.165) is 32.4 Å². The van der Waals surface area contributed by atoms with Gasteiger partial charge in [0.2, 0.25) is 0 Å². The van der Waals surface area contributed by atoms with Crippen LogP contribution in [-0.4, -0.2) is 31.1 Å². The van der Waals surface area contributed by atoms with Gasteiger partial charge in [0.25, 0.3) is 0 Å². The van der Waals surface area contributed by atoms with Gasteiger partial charge in [0.15, 0.2) is 5.79 Å². The number of nitrogens with one attached hydrogen (secondary N) is 1. The largest absolute Gasteiger partial charge is 0.347 e. The molecule has 1 aliphatic rings. The molecule has 0 amide bonds. The lowest BCUT2D eigenvalue weighted by molar-refractivity contribution is -0.179. The molecule has 46 heavy (non-hydrogen) atoms. The van der Waals surface area contributed by atoms with E-state index < -0.39 is 0 Å². The van der Waals surface area contributed by atoms with Crippen molar-refractivity contribution in [3.8, 4) is 0 Å². The van der Waals surface area contributed by atoms with Gasteiger partial charge in [0.05, 0.1) is 12.7 Å². The van der Waals surface area contributed by atoms with Gasteiger partial charge in [-0.1, -0.05) is 160 Å². The van der Waals surface area contributed by atoms with E-state index in [2.05, 4.69) is 69.5 Å². The van der Waals surface area contributed by atoms with Gasteiger partial charge in [-0.15, -0.1) is 0 Å². The van der Waals surface area contributed by atoms with Crippen LogP contribution in [0.3, 0.4) is 0 Å². The van der Waals surface area contributed by atoms with Crippen LogP contribution in [0, 0.1) is 0 Å². The van der Waals surface area contributed by atoms with Gasteiger partial charge in [-0.05, 0) is 70.6 Å². The average molecular weight is 644 g/mol. The summed E-state index contributed by atoms with van der Waals surface area (Å²) in [5, 5.41) is 3.56. The highest BCUT2D eigenvalue weighted by atomic mass is 16.7. The van der Waals surface area contributed by atoms with Crippen LogP contribution in [0.25, 0.3) is 0 Å². The molecule has 0 aromatic carbocycles. The third kappa shape index (κ3) is 27.1. The fraction of sp³-hybridized carbons (Fsp3) is 0.860. The third-order valence-corrected chi connectivity index (χ3v) is 9.50. The van der Waals surface area contributed by atoms with Gasteiger partial charge in [0, 0.05) is 25.4 Å². The van der Waals surface area contributed by atoms with Crippen LogP contribution in [-0.2, 0) is 9.47 Å². The lowest BCUT2D eigenvalue weighted by Gasteiger charge is -2.29. The Labute approximate surface area is 289 Å². The smallest absolute Gasteiger partial charge is 0.168 e. The predicted octanol–water partition coefficient (Wildman–Crippen LogP) is 13.7. The highest BCUT2D eigenvalue weighted by Crippen LogP contribution is 2.34. The molecular formula is C43H81NO2. The van der Waals surface area contributed by atoms with E-state index >= 15 is 0 Å². The van der Waals surface area contributed by atoms with Crippen LogP contribution >= 0.6 is 0 Å². The minimum Gasteiger partial charge on any atom is -0.347 e. The first-order chi connectivity index (χ1) is 22.6. The molecule has 0 aromatic heterocycles. The molecule has 0 radical (unpaired) electrons. The number of hydrogen-bond acceptors (Lipinski definition) is 3. The van der Waals surface area contributed by atoms with Crippen molar-refractivity contribution in [3.63, 3.8) is 0 Å². The molecule has 1 saturated heterocycles. The SMILES string of the molecule is CCCCC/C=C\C/C=C\CCCCCCCCC1(CCCCCCCC/C=C\CCCCCCCC)OCC(CNC(C)C)O1. The van der Waals surface area contributed by atoms with E-state index in [4.69, 9.17) is 9.47 Å². The van der Waals surface area contributed by atoms with E-state index in [1.54, 1.807) is 0 Å². The van der Waals surface area contributed by atoms with Gasteiger partial charge in [-0.3, -0.25) is 0 Å². The highest BCUT2D eigenvalue weighted by molar-refractivity contribution is 4.92. The zero-order chi connectivity index (χ0) is 33.2. The average Bonchev–Trinajstić information content (AvgIpc) is 3.46. The minimum atomic E-state index is -0.334. The van der Waals surface area contributed by atoms with Crippen molar-refractivity contribution in [1.29, 1.82) is 0 Å². The zero-order valence-corrected chi connectivity index (χ0v) is 31.6. The summed E-state index contributed by atoms with van der Waals surface area (Å²) in [6.45, 7) is 10.6. The maximum Gasteiger partial charge on any atom is 0.168 e. The van der Waals surface area contributed by atoms with E-state index in [1.165, 1.54) is 161 Å². The summed E-state index contributed by atoms with van der Waals surface area (Å²) in [6.07, 6.45) is 51.0. The Morgan fingerprint density at radius 2 is 0.935 bits per heavy atom. The van der Waals surface area contributed by atoms with Gasteiger partial charge >= 0.3 is 0 Å². The Hall–Kier alpha value is -0.900. The van der Waals surface area contributed by atoms with Crippen molar-refractivity contribution in [1.82, 2.24) is 5.32 Å². The molecule has 1 aliphatic heterocycles. The molecule has 3 nitrogen and oxygen atoms in total. The molecule has 270 valence electrons.